The van der Waals surface area contributed by atoms with E-state index in [4.69, 9.17) is 27.9 Å². The molecule has 0 N–H and O–H groups in total. The first-order valence-electron chi connectivity index (χ1n) is 8.77. The zero-order valence-corrected chi connectivity index (χ0v) is 17.9. The smallest absolute Gasteiger partial charge is 0.255 e. The Hall–Kier alpha value is -1.71. The van der Waals surface area contributed by atoms with Crippen molar-refractivity contribution in [3.8, 4) is 0 Å². The van der Waals surface area contributed by atoms with Crippen LogP contribution in [0.3, 0.4) is 0 Å². The number of hydrogen-bond acceptors (Lipinski definition) is 4. The van der Waals surface area contributed by atoms with Crippen LogP contribution in [0.15, 0.2) is 41.3 Å². The molecule has 0 unspecified atom stereocenters. The molecule has 0 atom stereocenters. The topological polar surface area (TPSA) is 66.9 Å². The summed E-state index contributed by atoms with van der Waals surface area (Å²) in [5.41, 5.74) is 0.175. The van der Waals surface area contributed by atoms with Crippen molar-refractivity contribution in [3.05, 3.63) is 63.4 Å². The fraction of sp³-hybridized carbons (Fsp3) is 0.316. The van der Waals surface area contributed by atoms with Crippen molar-refractivity contribution in [2.75, 3.05) is 33.4 Å². The first kappa shape index (κ1) is 22.0. The molecule has 10 heteroatoms. The maximum atomic E-state index is 14.0. The summed E-state index contributed by atoms with van der Waals surface area (Å²) in [4.78, 5) is 14.1. The number of carbonyl (C=O) groups is 1. The fourth-order valence-electron chi connectivity index (χ4n) is 2.96. The number of rotatable bonds is 5. The largest absolute Gasteiger partial charge is 0.379 e. The summed E-state index contributed by atoms with van der Waals surface area (Å²) in [7, 11) is -2.33. The highest BCUT2D eigenvalue weighted by Gasteiger charge is 2.28. The molecule has 1 saturated heterocycles. The molecule has 0 aliphatic carbocycles. The lowest BCUT2D eigenvalue weighted by atomic mass is 10.1. The molecule has 1 fully saturated rings. The van der Waals surface area contributed by atoms with Crippen LogP contribution >= 0.6 is 23.2 Å². The van der Waals surface area contributed by atoms with Crippen LogP contribution in [0.1, 0.15) is 15.9 Å². The number of amides is 1. The Balaban J connectivity index is 1.88. The van der Waals surface area contributed by atoms with Crippen LogP contribution in [0.25, 0.3) is 0 Å². The van der Waals surface area contributed by atoms with Crippen molar-refractivity contribution < 1.29 is 22.3 Å². The summed E-state index contributed by atoms with van der Waals surface area (Å²) in [6, 6.07) is 8.22. The Kier molecular flexibility index (Phi) is 6.80. The van der Waals surface area contributed by atoms with Gasteiger partial charge < -0.3 is 9.64 Å². The number of hydrogen-bond donors (Lipinski definition) is 0. The minimum Gasteiger partial charge on any atom is -0.379 e. The lowest BCUT2D eigenvalue weighted by Gasteiger charge is -2.26. The molecule has 1 aliphatic heterocycles. The average Bonchev–Trinajstić information content (AvgIpc) is 2.71. The molecule has 1 amide bonds. The van der Waals surface area contributed by atoms with Gasteiger partial charge in [0.2, 0.25) is 10.0 Å². The van der Waals surface area contributed by atoms with E-state index in [1.165, 1.54) is 52.7 Å². The third kappa shape index (κ3) is 4.73. The molecule has 29 heavy (non-hydrogen) atoms. The number of morpholine rings is 1. The molecule has 1 aliphatic rings. The van der Waals surface area contributed by atoms with E-state index in [0.717, 1.165) is 0 Å². The van der Waals surface area contributed by atoms with Crippen LogP contribution in [0, 0.1) is 5.82 Å². The summed E-state index contributed by atoms with van der Waals surface area (Å²) >= 11 is 12.2. The van der Waals surface area contributed by atoms with Crippen LogP contribution in [0.5, 0.6) is 0 Å². The first-order chi connectivity index (χ1) is 13.7. The Morgan fingerprint density at radius 2 is 1.86 bits per heavy atom. The monoisotopic (exact) mass is 460 g/mol. The van der Waals surface area contributed by atoms with Crippen molar-refractivity contribution >= 4 is 39.1 Å². The highest BCUT2D eigenvalue weighted by molar-refractivity contribution is 7.89. The standard InChI is InChI=1S/C19H19Cl2FN2O4S/c1-23(12-15-16(20)3-2-4-18(15)22)19(25)14-11-13(5-6-17(14)21)29(26,27)24-7-9-28-10-8-24/h2-6,11H,7-10,12H2,1H3. The lowest BCUT2D eigenvalue weighted by Crippen LogP contribution is -2.40. The third-order valence-corrected chi connectivity index (χ3v) is 7.16. The van der Waals surface area contributed by atoms with Gasteiger partial charge in [0, 0.05) is 37.3 Å². The van der Waals surface area contributed by atoms with Gasteiger partial charge in [-0.25, -0.2) is 12.8 Å². The molecule has 0 saturated carbocycles. The minimum absolute atomic E-state index is 0.0102. The maximum absolute atomic E-state index is 14.0. The SMILES string of the molecule is CN(Cc1c(F)cccc1Cl)C(=O)c1cc(S(=O)(=O)N2CCOCC2)ccc1Cl. The van der Waals surface area contributed by atoms with Gasteiger partial charge in [0.05, 0.1) is 28.7 Å². The number of ether oxygens (including phenoxy) is 1. The van der Waals surface area contributed by atoms with E-state index in [1.54, 1.807) is 0 Å². The third-order valence-electron chi connectivity index (χ3n) is 4.58. The van der Waals surface area contributed by atoms with E-state index in [0.29, 0.717) is 13.2 Å². The molecular weight excluding hydrogens is 442 g/mol. The molecule has 0 radical (unpaired) electrons. The van der Waals surface area contributed by atoms with E-state index in [-0.39, 0.29) is 45.7 Å². The molecular formula is C19H19Cl2FN2O4S. The molecule has 2 aromatic carbocycles. The van der Waals surface area contributed by atoms with Gasteiger partial charge in [-0.1, -0.05) is 29.3 Å². The number of benzene rings is 2. The predicted octanol–water partition coefficient (Wildman–Crippen LogP) is 3.43. The molecule has 1 heterocycles. The second kappa shape index (κ2) is 8.97. The Bertz CT molecular complexity index is 1010. The van der Waals surface area contributed by atoms with Crippen molar-refractivity contribution in [2.24, 2.45) is 0 Å². The molecule has 0 aromatic heterocycles. The minimum atomic E-state index is -3.79. The number of sulfonamides is 1. The Morgan fingerprint density at radius 1 is 1.17 bits per heavy atom. The molecule has 0 bridgehead atoms. The second-order valence-electron chi connectivity index (χ2n) is 6.52. The lowest BCUT2D eigenvalue weighted by molar-refractivity contribution is 0.0730. The molecule has 6 nitrogen and oxygen atoms in total. The van der Waals surface area contributed by atoms with Crippen molar-refractivity contribution in [1.29, 1.82) is 0 Å². The van der Waals surface area contributed by atoms with E-state index >= 15 is 0 Å². The van der Waals surface area contributed by atoms with Crippen LogP contribution in [0.2, 0.25) is 10.0 Å². The fourth-order valence-corrected chi connectivity index (χ4v) is 4.82. The highest BCUT2D eigenvalue weighted by Crippen LogP contribution is 2.26. The first-order valence-corrected chi connectivity index (χ1v) is 11.0. The van der Waals surface area contributed by atoms with Gasteiger partial charge in [0.25, 0.3) is 5.91 Å². The van der Waals surface area contributed by atoms with Crippen molar-refractivity contribution in [2.45, 2.75) is 11.4 Å². The Morgan fingerprint density at radius 3 is 2.52 bits per heavy atom. The van der Waals surface area contributed by atoms with Gasteiger partial charge in [-0.3, -0.25) is 4.79 Å². The summed E-state index contributed by atoms with van der Waals surface area (Å²) in [5.74, 6) is -1.08. The number of halogens is 3. The summed E-state index contributed by atoms with van der Waals surface area (Å²) < 4.78 is 46.2. The summed E-state index contributed by atoms with van der Waals surface area (Å²) in [5, 5.41) is 0.293. The van der Waals surface area contributed by atoms with Gasteiger partial charge in [-0.05, 0) is 30.3 Å². The van der Waals surface area contributed by atoms with Gasteiger partial charge in [0.15, 0.2) is 0 Å². The Labute approximate surface area is 178 Å². The molecule has 0 spiro atoms. The van der Waals surface area contributed by atoms with Crippen LogP contribution in [-0.4, -0.2) is 56.9 Å². The summed E-state index contributed by atoms with van der Waals surface area (Å²) in [6.45, 7) is 0.996. The predicted molar refractivity (Wildman–Crippen MR) is 108 cm³/mol. The quantitative estimate of drug-likeness (QED) is 0.685. The number of carbonyl (C=O) groups excluding carboxylic acids is 1. The molecule has 2 aromatic rings. The van der Waals surface area contributed by atoms with Gasteiger partial charge in [-0.2, -0.15) is 4.31 Å². The van der Waals surface area contributed by atoms with E-state index in [2.05, 4.69) is 0 Å². The normalized spacial score (nSPS) is 15.3. The van der Waals surface area contributed by atoms with Crippen LogP contribution < -0.4 is 0 Å². The van der Waals surface area contributed by atoms with Crippen LogP contribution in [-0.2, 0) is 21.3 Å². The zero-order chi connectivity index (χ0) is 21.2. The average molecular weight is 461 g/mol. The van der Waals surface area contributed by atoms with Crippen LogP contribution in [0.4, 0.5) is 4.39 Å². The van der Waals surface area contributed by atoms with Gasteiger partial charge in [-0.15, -0.1) is 0 Å². The molecule has 3 rings (SSSR count). The number of nitrogens with zero attached hydrogens (tertiary/aromatic N) is 2. The van der Waals surface area contributed by atoms with E-state index in [9.17, 15) is 17.6 Å². The van der Waals surface area contributed by atoms with Gasteiger partial charge >= 0.3 is 0 Å². The van der Waals surface area contributed by atoms with E-state index < -0.39 is 21.7 Å². The van der Waals surface area contributed by atoms with Crippen molar-refractivity contribution in [3.63, 3.8) is 0 Å². The maximum Gasteiger partial charge on any atom is 0.255 e. The van der Waals surface area contributed by atoms with Crippen molar-refractivity contribution in [1.82, 2.24) is 9.21 Å². The zero-order valence-electron chi connectivity index (χ0n) is 15.6. The highest BCUT2D eigenvalue weighted by atomic mass is 35.5. The summed E-state index contributed by atoms with van der Waals surface area (Å²) in [6.07, 6.45) is 0. The second-order valence-corrected chi connectivity index (χ2v) is 9.27. The van der Waals surface area contributed by atoms with E-state index in [1.807, 2.05) is 0 Å². The van der Waals surface area contributed by atoms with Gasteiger partial charge in [0.1, 0.15) is 5.82 Å². The molecule has 156 valence electrons.